The van der Waals surface area contributed by atoms with Crippen molar-refractivity contribution in [2.75, 3.05) is 22.5 Å². The van der Waals surface area contributed by atoms with E-state index in [1.165, 1.54) is 101 Å². The van der Waals surface area contributed by atoms with Gasteiger partial charge in [-0.2, -0.15) is 10.2 Å². The number of hydrogen-bond donors (Lipinski definition) is 4. The van der Waals surface area contributed by atoms with Gasteiger partial charge in [0.1, 0.15) is 33.3 Å². The number of carboxylic acid groups (broad SMARTS) is 2. The summed E-state index contributed by atoms with van der Waals surface area (Å²) in [6.07, 6.45) is 4.18. The minimum absolute atomic E-state index is 0.166. The molecule has 0 radical (unpaired) electrons. The second-order valence-corrected chi connectivity index (χ2v) is 15.9. The summed E-state index contributed by atoms with van der Waals surface area (Å²) in [5.74, 6) is -3.55. The number of aromatic carboxylic acids is 2. The molecule has 0 unspecified atom stereocenters. The van der Waals surface area contributed by atoms with E-state index in [-0.39, 0.29) is 50.7 Å². The minimum atomic E-state index is -4.28. The first kappa shape index (κ1) is 37.7. The minimum Gasteiger partial charge on any atom is -0.488 e. The molecule has 1 saturated heterocycles. The molecule has 56 heavy (non-hydrogen) atoms. The van der Waals surface area contributed by atoms with Gasteiger partial charge in [-0.25, -0.2) is 44.6 Å². The van der Waals surface area contributed by atoms with Gasteiger partial charge in [0.15, 0.2) is 0 Å². The van der Waals surface area contributed by atoms with Crippen molar-refractivity contribution >= 4 is 43.4 Å². The number of halogens is 2. The fraction of sp³-hybridized carbons (Fsp3) is 0.111. The van der Waals surface area contributed by atoms with Crippen molar-refractivity contribution in [3.05, 3.63) is 138 Å². The van der Waals surface area contributed by atoms with E-state index in [0.29, 0.717) is 30.0 Å². The van der Waals surface area contributed by atoms with Gasteiger partial charge in [0.05, 0.1) is 58.7 Å². The summed E-state index contributed by atoms with van der Waals surface area (Å²) in [5.41, 5.74) is 0.357. The van der Waals surface area contributed by atoms with Gasteiger partial charge >= 0.3 is 11.9 Å². The van der Waals surface area contributed by atoms with Gasteiger partial charge in [0.2, 0.25) is 0 Å². The molecular weight excluding hydrogens is 777 g/mol. The van der Waals surface area contributed by atoms with Gasteiger partial charge in [-0.3, -0.25) is 14.3 Å². The number of rotatable bonds is 14. The van der Waals surface area contributed by atoms with Crippen molar-refractivity contribution in [3.63, 3.8) is 0 Å². The van der Waals surface area contributed by atoms with E-state index >= 15 is 0 Å². The van der Waals surface area contributed by atoms with Crippen LogP contribution in [-0.4, -0.2) is 82.6 Å². The Morgan fingerprint density at radius 1 is 0.696 bits per heavy atom. The fourth-order valence-electron chi connectivity index (χ4n) is 5.76. The normalized spacial score (nSPS) is 13.5. The van der Waals surface area contributed by atoms with Crippen LogP contribution in [0.25, 0.3) is 11.4 Å². The highest BCUT2D eigenvalue weighted by Gasteiger charge is 2.30. The topological polar surface area (TPSA) is 215 Å². The summed E-state index contributed by atoms with van der Waals surface area (Å²) >= 11 is 0. The molecular formula is C36H29F2N7O9S2. The molecule has 0 aliphatic carbocycles. The van der Waals surface area contributed by atoms with Crippen LogP contribution in [0.4, 0.5) is 20.2 Å². The van der Waals surface area contributed by atoms with Crippen molar-refractivity contribution < 1.29 is 50.2 Å². The van der Waals surface area contributed by atoms with E-state index in [1.807, 2.05) is 4.90 Å². The molecule has 4 N–H and O–H groups in total. The summed E-state index contributed by atoms with van der Waals surface area (Å²) in [6, 6.07) is 18.6. The summed E-state index contributed by atoms with van der Waals surface area (Å²) in [6.45, 7) is 1.05. The number of aromatic nitrogens is 4. The van der Waals surface area contributed by atoms with Crippen molar-refractivity contribution in [2.24, 2.45) is 0 Å². The monoisotopic (exact) mass is 805 g/mol. The van der Waals surface area contributed by atoms with Gasteiger partial charge in [-0.05, 0) is 84.4 Å². The molecule has 4 aromatic carbocycles. The quantitative estimate of drug-likeness (QED) is 0.119. The Balaban J connectivity index is 0.964. The molecule has 6 aromatic rings. The Morgan fingerprint density at radius 3 is 1.64 bits per heavy atom. The number of nitrogens with zero attached hydrogens (tertiary/aromatic N) is 5. The predicted octanol–water partition coefficient (Wildman–Crippen LogP) is 4.60. The molecule has 1 aliphatic heterocycles. The Hall–Kier alpha value is -6.64. The number of nitrogens with one attached hydrogen (secondary N) is 2. The third-order valence-corrected chi connectivity index (χ3v) is 11.2. The highest BCUT2D eigenvalue weighted by molar-refractivity contribution is 7.93. The first-order valence-corrected chi connectivity index (χ1v) is 19.4. The van der Waals surface area contributed by atoms with Crippen LogP contribution in [0.15, 0.2) is 120 Å². The average Bonchev–Trinajstić information content (AvgIpc) is 3.85. The van der Waals surface area contributed by atoms with E-state index in [4.69, 9.17) is 4.74 Å². The second kappa shape index (κ2) is 14.9. The zero-order valence-electron chi connectivity index (χ0n) is 28.7. The van der Waals surface area contributed by atoms with Crippen LogP contribution in [0.1, 0.15) is 26.3 Å². The van der Waals surface area contributed by atoms with Crippen LogP contribution in [0.3, 0.4) is 0 Å². The summed E-state index contributed by atoms with van der Waals surface area (Å²) in [7, 11) is -8.53. The Labute approximate surface area is 317 Å². The molecule has 0 atom stereocenters. The molecule has 7 rings (SSSR count). The first-order chi connectivity index (χ1) is 26.6. The number of benzene rings is 4. The van der Waals surface area contributed by atoms with Crippen molar-refractivity contribution in [3.8, 4) is 17.1 Å². The van der Waals surface area contributed by atoms with Gasteiger partial charge in [-0.1, -0.05) is 6.07 Å². The predicted molar refractivity (Wildman–Crippen MR) is 195 cm³/mol. The maximum atomic E-state index is 13.3. The third kappa shape index (κ3) is 8.21. The molecule has 1 fully saturated rings. The first-order valence-electron chi connectivity index (χ1n) is 16.4. The third-order valence-electron chi connectivity index (χ3n) is 8.58. The van der Waals surface area contributed by atoms with Gasteiger partial charge in [0.25, 0.3) is 20.0 Å². The highest BCUT2D eigenvalue weighted by atomic mass is 32.2. The van der Waals surface area contributed by atoms with E-state index in [2.05, 4.69) is 19.6 Å². The molecule has 0 amide bonds. The van der Waals surface area contributed by atoms with E-state index in [1.54, 1.807) is 6.07 Å². The molecule has 20 heteroatoms. The van der Waals surface area contributed by atoms with Crippen LogP contribution in [0, 0.1) is 11.6 Å². The van der Waals surface area contributed by atoms with Crippen molar-refractivity contribution in [2.45, 2.75) is 22.4 Å². The molecule has 0 bridgehead atoms. The smallest absolute Gasteiger partial charge is 0.337 e. The lowest BCUT2D eigenvalue weighted by Crippen LogP contribution is -2.53. The molecule has 2 aromatic heterocycles. The number of anilines is 2. The molecule has 3 heterocycles. The van der Waals surface area contributed by atoms with E-state index < -0.39 is 43.6 Å². The summed E-state index contributed by atoms with van der Waals surface area (Å²) in [5, 5.41) is 27.8. The number of hydrogen-bond acceptors (Lipinski definition) is 10. The van der Waals surface area contributed by atoms with Gasteiger partial charge < -0.3 is 14.9 Å². The van der Waals surface area contributed by atoms with Crippen molar-refractivity contribution in [1.29, 1.82) is 0 Å². The van der Waals surface area contributed by atoms with Gasteiger partial charge in [0, 0.05) is 19.6 Å². The van der Waals surface area contributed by atoms with Crippen LogP contribution >= 0.6 is 0 Å². The molecule has 0 saturated carbocycles. The Bertz CT molecular complexity index is 2500. The number of carbonyl (C=O) groups is 2. The Morgan fingerprint density at radius 2 is 1.16 bits per heavy atom. The van der Waals surface area contributed by atoms with Gasteiger partial charge in [-0.15, -0.1) is 0 Å². The van der Waals surface area contributed by atoms with Crippen molar-refractivity contribution in [1.82, 2.24) is 24.5 Å². The zero-order valence-corrected chi connectivity index (χ0v) is 30.3. The number of ether oxygens (including phenoxy) is 1. The molecule has 1 aliphatic rings. The summed E-state index contributed by atoms with van der Waals surface area (Å²) < 4.78 is 92.0. The lowest BCUT2D eigenvalue weighted by Gasteiger charge is -2.39. The maximum Gasteiger partial charge on any atom is 0.337 e. The second-order valence-electron chi connectivity index (χ2n) is 12.5. The largest absolute Gasteiger partial charge is 0.488 e. The average molecular weight is 806 g/mol. The molecule has 0 spiro atoms. The van der Waals surface area contributed by atoms with Crippen LogP contribution < -0.4 is 14.2 Å². The lowest BCUT2D eigenvalue weighted by atomic mass is 10.1. The lowest BCUT2D eigenvalue weighted by molar-refractivity contribution is 0.0144. The fourth-order valence-corrected chi connectivity index (χ4v) is 7.78. The van der Waals surface area contributed by atoms with Crippen LogP contribution in [-0.2, 0) is 26.6 Å². The number of carboxylic acids is 2. The molecule has 288 valence electrons. The SMILES string of the molecule is O=C(O)c1cc(CN2CC(Oc3ccc(NS(=O)(=O)c4cnn(-c5ccc(F)cc5)c4)c(C(=O)O)c3)C2)ccc1NS(=O)(=O)c1cnn(-c2ccc(F)cc2)c1. The Kier molecular flexibility index (Phi) is 10.0. The standard InChI is InChI=1S/C36H29F2N7O9S2/c37-23-2-6-25(7-3-23)44-20-29(15-39-44)55(50,51)41-33-11-1-22(13-31(33)35(46)47)17-43-18-28(19-43)54-27-10-12-34(32(14-27)36(48)49)42-56(52,53)30-16-40-45(21-30)26-8-4-24(38)5-9-26/h1-16,20-21,28,41-42H,17-19H2,(H,46,47)(H,48,49). The van der Waals surface area contributed by atoms with E-state index in [0.717, 1.165) is 12.4 Å². The number of sulfonamides is 2. The zero-order chi connectivity index (χ0) is 39.8. The summed E-state index contributed by atoms with van der Waals surface area (Å²) in [4.78, 5) is 25.7. The number of likely N-dealkylation sites (tertiary alicyclic amines) is 1. The van der Waals surface area contributed by atoms with E-state index in [9.17, 15) is 45.4 Å². The highest BCUT2D eigenvalue weighted by Crippen LogP contribution is 2.29. The van der Waals surface area contributed by atoms with Crippen LogP contribution in [0.5, 0.6) is 5.75 Å². The maximum absolute atomic E-state index is 13.3. The molecule has 16 nitrogen and oxygen atoms in total. The van der Waals surface area contributed by atoms with Crippen LogP contribution in [0.2, 0.25) is 0 Å².